The van der Waals surface area contributed by atoms with Crippen molar-refractivity contribution in [1.82, 2.24) is 0 Å². The van der Waals surface area contributed by atoms with Crippen LogP contribution in [0, 0.1) is 0 Å². The molecule has 0 saturated heterocycles. The number of carbonyl (C=O) groups is 3. The monoisotopic (exact) mass is 345 g/mol. The number of halogens is 1. The molecule has 0 heterocycles. The van der Waals surface area contributed by atoms with Crippen LogP contribution in [0.3, 0.4) is 0 Å². The number of hydrogen-bond acceptors (Lipinski definition) is 4. The van der Waals surface area contributed by atoms with Crippen molar-refractivity contribution >= 4 is 40.8 Å². The van der Waals surface area contributed by atoms with Gasteiger partial charge in [-0.2, -0.15) is 0 Å². The second kappa shape index (κ2) is 8.12. The zero-order chi connectivity index (χ0) is 17.5. The first kappa shape index (κ1) is 17.5. The zero-order valence-corrected chi connectivity index (χ0v) is 13.3. The van der Waals surface area contributed by atoms with Crippen LogP contribution in [0.1, 0.15) is 23.2 Å². The van der Waals surface area contributed by atoms with Crippen molar-refractivity contribution in [1.29, 1.82) is 0 Å². The van der Waals surface area contributed by atoms with E-state index in [2.05, 4.69) is 10.6 Å². The predicted molar refractivity (Wildman–Crippen MR) is 88.7 cm³/mol. The van der Waals surface area contributed by atoms with Gasteiger partial charge in [-0.25, -0.2) is 0 Å². The lowest BCUT2D eigenvalue weighted by molar-refractivity contribution is -0.305. The molecule has 0 atom stereocenters. The number of hydrogen-bond donors (Lipinski definition) is 2. The van der Waals surface area contributed by atoms with E-state index >= 15 is 0 Å². The van der Waals surface area contributed by atoms with Crippen LogP contribution < -0.4 is 15.7 Å². The maximum absolute atomic E-state index is 12.2. The SMILES string of the molecule is O=C([O-])CCC(=O)Nc1cccc(C(=O)Nc2cccc(Cl)c2)c1. The second-order valence-electron chi connectivity index (χ2n) is 4.97. The van der Waals surface area contributed by atoms with Crippen LogP contribution in [0.2, 0.25) is 5.02 Å². The Kier molecular flexibility index (Phi) is 5.92. The molecule has 0 unspecified atom stereocenters. The van der Waals surface area contributed by atoms with Gasteiger partial charge in [-0.05, 0) is 42.8 Å². The van der Waals surface area contributed by atoms with Gasteiger partial charge in [-0.15, -0.1) is 0 Å². The van der Waals surface area contributed by atoms with E-state index < -0.39 is 11.9 Å². The minimum Gasteiger partial charge on any atom is -0.550 e. The third kappa shape index (κ3) is 5.40. The highest BCUT2D eigenvalue weighted by atomic mass is 35.5. The standard InChI is InChI=1S/C17H15ClN2O4/c18-12-4-2-6-14(10-12)20-17(24)11-3-1-5-13(9-11)19-15(21)7-8-16(22)23/h1-6,9-10H,7-8H2,(H,19,21)(H,20,24)(H,22,23)/p-1. The first-order chi connectivity index (χ1) is 11.4. The highest BCUT2D eigenvalue weighted by Gasteiger charge is 2.09. The van der Waals surface area contributed by atoms with E-state index in [-0.39, 0.29) is 18.7 Å². The lowest BCUT2D eigenvalue weighted by Gasteiger charge is -2.09. The second-order valence-corrected chi connectivity index (χ2v) is 5.40. The third-order valence-corrected chi connectivity index (χ3v) is 3.28. The molecule has 2 amide bonds. The summed E-state index contributed by atoms with van der Waals surface area (Å²) in [7, 11) is 0. The van der Waals surface area contributed by atoms with Crippen LogP contribution >= 0.6 is 11.6 Å². The van der Waals surface area contributed by atoms with E-state index in [0.29, 0.717) is 22.0 Å². The van der Waals surface area contributed by atoms with Gasteiger partial charge in [0.25, 0.3) is 5.91 Å². The Balaban J connectivity index is 2.02. The van der Waals surface area contributed by atoms with E-state index in [1.165, 1.54) is 6.07 Å². The molecular formula is C17H14ClN2O4-. The van der Waals surface area contributed by atoms with Crippen molar-refractivity contribution in [3.05, 3.63) is 59.1 Å². The van der Waals surface area contributed by atoms with Gasteiger partial charge in [-0.3, -0.25) is 9.59 Å². The van der Waals surface area contributed by atoms with Crippen molar-refractivity contribution in [2.24, 2.45) is 0 Å². The Labute approximate surface area is 143 Å². The van der Waals surface area contributed by atoms with E-state index in [4.69, 9.17) is 11.6 Å². The molecule has 0 aliphatic rings. The molecule has 124 valence electrons. The summed E-state index contributed by atoms with van der Waals surface area (Å²) in [6.07, 6.45) is -0.554. The first-order valence-electron chi connectivity index (χ1n) is 7.11. The average Bonchev–Trinajstić information content (AvgIpc) is 2.53. The largest absolute Gasteiger partial charge is 0.550 e. The van der Waals surface area contributed by atoms with Crippen LogP contribution in [0.15, 0.2) is 48.5 Å². The minimum atomic E-state index is -1.29. The molecule has 0 spiro atoms. The smallest absolute Gasteiger partial charge is 0.255 e. The number of carbonyl (C=O) groups excluding carboxylic acids is 3. The molecule has 0 saturated carbocycles. The van der Waals surface area contributed by atoms with Gasteiger partial charge in [-0.1, -0.05) is 23.7 Å². The molecule has 0 bridgehead atoms. The number of carboxylic acids is 1. The molecule has 2 N–H and O–H groups in total. The normalized spacial score (nSPS) is 10.0. The Morgan fingerprint density at radius 2 is 1.58 bits per heavy atom. The van der Waals surface area contributed by atoms with E-state index in [1.54, 1.807) is 42.5 Å². The molecule has 7 heteroatoms. The summed E-state index contributed by atoms with van der Waals surface area (Å²) in [5.74, 6) is -2.12. The Bertz CT molecular complexity index is 777. The summed E-state index contributed by atoms with van der Waals surface area (Å²) in [6.45, 7) is 0. The fraction of sp³-hybridized carbons (Fsp3) is 0.118. The third-order valence-electron chi connectivity index (χ3n) is 3.05. The highest BCUT2D eigenvalue weighted by Crippen LogP contribution is 2.17. The molecule has 0 aliphatic heterocycles. The van der Waals surface area contributed by atoms with Crippen LogP contribution in [-0.2, 0) is 9.59 Å². The van der Waals surface area contributed by atoms with Crippen molar-refractivity contribution in [3.63, 3.8) is 0 Å². The predicted octanol–water partition coefficient (Wildman–Crippen LogP) is 2.06. The number of nitrogens with one attached hydrogen (secondary N) is 2. The molecule has 2 aromatic rings. The van der Waals surface area contributed by atoms with Crippen molar-refractivity contribution in [2.45, 2.75) is 12.8 Å². The van der Waals surface area contributed by atoms with Gasteiger partial charge in [0.2, 0.25) is 5.91 Å². The van der Waals surface area contributed by atoms with Gasteiger partial charge in [0.15, 0.2) is 0 Å². The molecule has 24 heavy (non-hydrogen) atoms. The quantitative estimate of drug-likeness (QED) is 0.837. The molecule has 0 aromatic heterocycles. The average molecular weight is 346 g/mol. The van der Waals surface area contributed by atoms with Gasteiger partial charge in [0.1, 0.15) is 0 Å². The van der Waals surface area contributed by atoms with Gasteiger partial charge in [0.05, 0.1) is 0 Å². The molecule has 0 aliphatic carbocycles. The molecule has 0 radical (unpaired) electrons. The molecule has 2 rings (SSSR count). The summed E-state index contributed by atoms with van der Waals surface area (Å²) in [5, 5.41) is 16.1. The molecule has 6 nitrogen and oxygen atoms in total. The van der Waals surface area contributed by atoms with Crippen molar-refractivity contribution in [3.8, 4) is 0 Å². The molecule has 0 fully saturated rings. The van der Waals surface area contributed by atoms with Gasteiger partial charge in [0, 0.05) is 34.4 Å². The number of anilines is 2. The lowest BCUT2D eigenvalue weighted by Crippen LogP contribution is -2.24. The van der Waals surface area contributed by atoms with E-state index in [9.17, 15) is 19.5 Å². The summed E-state index contributed by atoms with van der Waals surface area (Å²) in [6, 6.07) is 13.0. The molecular weight excluding hydrogens is 332 g/mol. The van der Waals surface area contributed by atoms with Crippen molar-refractivity contribution < 1.29 is 19.5 Å². The fourth-order valence-corrected chi connectivity index (χ4v) is 2.14. The van der Waals surface area contributed by atoms with Crippen LogP contribution in [-0.4, -0.2) is 17.8 Å². The van der Waals surface area contributed by atoms with Gasteiger partial charge < -0.3 is 20.5 Å². The van der Waals surface area contributed by atoms with Crippen LogP contribution in [0.4, 0.5) is 11.4 Å². The summed E-state index contributed by atoms with van der Waals surface area (Å²) < 4.78 is 0. The topological polar surface area (TPSA) is 98.3 Å². The Hall–Kier alpha value is -2.86. The van der Waals surface area contributed by atoms with Crippen LogP contribution in [0.25, 0.3) is 0 Å². The number of amides is 2. The maximum Gasteiger partial charge on any atom is 0.255 e. The Morgan fingerprint density at radius 1 is 0.917 bits per heavy atom. The fourth-order valence-electron chi connectivity index (χ4n) is 1.95. The summed E-state index contributed by atoms with van der Waals surface area (Å²) in [4.78, 5) is 34.2. The summed E-state index contributed by atoms with van der Waals surface area (Å²) in [5.41, 5.74) is 1.29. The highest BCUT2D eigenvalue weighted by molar-refractivity contribution is 6.31. The Morgan fingerprint density at radius 3 is 2.25 bits per heavy atom. The zero-order valence-electron chi connectivity index (χ0n) is 12.5. The van der Waals surface area contributed by atoms with Crippen LogP contribution in [0.5, 0.6) is 0 Å². The lowest BCUT2D eigenvalue weighted by atomic mass is 10.1. The number of carboxylic acid groups (broad SMARTS) is 1. The molecule has 2 aromatic carbocycles. The number of rotatable bonds is 6. The minimum absolute atomic E-state index is 0.193. The number of benzene rings is 2. The van der Waals surface area contributed by atoms with E-state index in [0.717, 1.165) is 0 Å². The first-order valence-corrected chi connectivity index (χ1v) is 7.48. The van der Waals surface area contributed by atoms with E-state index in [1.807, 2.05) is 0 Å². The summed E-state index contributed by atoms with van der Waals surface area (Å²) >= 11 is 5.86. The maximum atomic E-state index is 12.2. The van der Waals surface area contributed by atoms with Gasteiger partial charge >= 0.3 is 0 Å². The van der Waals surface area contributed by atoms with Crippen molar-refractivity contribution in [2.75, 3.05) is 10.6 Å². The number of aliphatic carboxylic acids is 1.